The predicted molar refractivity (Wildman–Crippen MR) is 59.2 cm³/mol. The van der Waals surface area contributed by atoms with Gasteiger partial charge in [0.15, 0.2) is 0 Å². The highest BCUT2D eigenvalue weighted by Crippen LogP contribution is 2.13. The van der Waals surface area contributed by atoms with Gasteiger partial charge in [0.1, 0.15) is 12.1 Å². The molecule has 0 aromatic carbocycles. The van der Waals surface area contributed by atoms with Gasteiger partial charge in [-0.3, -0.25) is 0 Å². The molecule has 9 heteroatoms. The normalized spacial score (nSPS) is 11.2. The number of carboxylic acid groups (broad SMARTS) is 3. The van der Waals surface area contributed by atoms with E-state index in [1.165, 1.54) is 0 Å². The summed E-state index contributed by atoms with van der Waals surface area (Å²) in [6.45, 7) is 1.11. The number of nitrogens with zero attached hydrogens (tertiary/aromatic N) is 1. The second-order valence-corrected chi connectivity index (χ2v) is 5.15. The maximum absolute atomic E-state index is 10.1. The number of rotatable bonds is 7. The highest BCUT2D eigenvalue weighted by atomic mass is 16.4. The van der Waals surface area contributed by atoms with Crippen LogP contribution in [0.1, 0.15) is 12.8 Å². The molecule has 0 radical (unpaired) electrons. The van der Waals surface area contributed by atoms with Crippen LogP contribution in [0.15, 0.2) is 0 Å². The molecule has 20 heavy (non-hydrogen) atoms. The molecular weight excluding hydrogens is 274 g/mol. The maximum Gasteiger partial charge on any atom is 0.114 e. The van der Waals surface area contributed by atoms with Crippen molar-refractivity contribution in [1.29, 1.82) is 0 Å². The summed E-state index contributed by atoms with van der Waals surface area (Å²) < 4.78 is 0.844. The van der Waals surface area contributed by atoms with Crippen molar-refractivity contribution in [2.24, 2.45) is 0 Å². The summed E-state index contributed by atoms with van der Waals surface area (Å²) >= 11 is 0. The van der Waals surface area contributed by atoms with Gasteiger partial charge < -0.3 is 44.4 Å². The number of carbonyl (C=O) groups is 3. The molecule has 0 aliphatic heterocycles. The van der Waals surface area contributed by atoms with Crippen LogP contribution in [-0.4, -0.2) is 72.5 Å². The molecule has 0 heterocycles. The van der Waals surface area contributed by atoms with Gasteiger partial charge in [-0.25, -0.2) is 0 Å². The van der Waals surface area contributed by atoms with E-state index in [0.29, 0.717) is 0 Å². The first-order valence-corrected chi connectivity index (χ1v) is 5.59. The lowest BCUT2D eigenvalue weighted by atomic mass is 9.96. The monoisotopic (exact) mass is 293 g/mol. The zero-order valence-corrected chi connectivity index (χ0v) is 11.6. The molecule has 0 unspecified atom stereocenters. The number of carboxylic acids is 3. The first kappa shape index (κ1) is 20.6. The molecule has 0 aliphatic carbocycles. The zero-order valence-electron chi connectivity index (χ0n) is 11.6. The number of hydrogen-bond donors (Lipinski definition) is 2. The van der Waals surface area contributed by atoms with Gasteiger partial charge in [-0.2, -0.15) is 0 Å². The molecule has 0 bridgehead atoms. The summed E-state index contributed by atoms with van der Waals surface area (Å²) in [7, 11) is 6.16. The molecule has 0 fully saturated rings. The van der Waals surface area contributed by atoms with Crippen molar-refractivity contribution in [2.45, 2.75) is 18.4 Å². The molecule has 0 amide bonds. The molecule has 9 nitrogen and oxygen atoms in total. The number of hydrogen-bond acceptors (Lipinski definition) is 8. The van der Waals surface area contributed by atoms with Gasteiger partial charge >= 0.3 is 0 Å². The number of aliphatic hydroxyl groups is 2. The number of aliphatic hydroxyl groups excluding tert-OH is 1. The summed E-state index contributed by atoms with van der Waals surface area (Å²) in [6, 6.07) is 0. The third-order valence-corrected chi connectivity index (χ3v) is 2.02. The van der Waals surface area contributed by atoms with Crippen LogP contribution >= 0.6 is 0 Å². The van der Waals surface area contributed by atoms with Gasteiger partial charge in [0.25, 0.3) is 0 Å². The fraction of sp³-hybridized carbons (Fsp3) is 0.727. The fourth-order valence-corrected chi connectivity index (χ4v) is 0.984. The van der Waals surface area contributed by atoms with Gasteiger partial charge in [-0.05, 0) is 0 Å². The number of likely N-dealkylation sites (N-methyl/N-ethyl adjacent to an activating group) is 1. The van der Waals surface area contributed by atoms with Crippen molar-refractivity contribution in [3.63, 3.8) is 0 Å². The van der Waals surface area contributed by atoms with Crippen LogP contribution in [0.5, 0.6) is 0 Å². The molecule has 0 saturated carbocycles. The summed E-state index contributed by atoms with van der Waals surface area (Å²) in [6.07, 6.45) is -2.72. The van der Waals surface area contributed by atoms with Gasteiger partial charge in [-0.1, -0.05) is 0 Å². The second-order valence-electron chi connectivity index (χ2n) is 5.15. The molecule has 0 atom stereocenters. The Morgan fingerprint density at radius 2 is 1.35 bits per heavy atom. The lowest BCUT2D eigenvalue weighted by Crippen LogP contribution is -2.54. The zero-order chi connectivity index (χ0) is 16.6. The van der Waals surface area contributed by atoms with Gasteiger partial charge in [-0.15, -0.1) is 0 Å². The Morgan fingerprint density at radius 3 is 1.45 bits per heavy atom. The summed E-state index contributed by atoms with van der Waals surface area (Å²) in [5.74, 6) is -5.98. The average Bonchev–Trinajstić information content (AvgIpc) is 2.12. The van der Waals surface area contributed by atoms with E-state index in [1.54, 1.807) is 0 Å². The van der Waals surface area contributed by atoms with Crippen LogP contribution < -0.4 is 15.3 Å². The Kier molecular flexibility index (Phi) is 8.71. The van der Waals surface area contributed by atoms with Crippen molar-refractivity contribution in [1.82, 2.24) is 0 Å². The summed E-state index contributed by atoms with van der Waals surface area (Å²) in [5, 5.41) is 47.3. The fourth-order valence-electron chi connectivity index (χ4n) is 0.984. The van der Waals surface area contributed by atoms with Crippen LogP contribution in [0.2, 0.25) is 0 Å². The van der Waals surface area contributed by atoms with Crippen molar-refractivity contribution in [3.05, 3.63) is 0 Å². The minimum Gasteiger partial charge on any atom is -0.550 e. The third-order valence-electron chi connectivity index (χ3n) is 2.02. The topological polar surface area (TPSA) is 161 Å². The van der Waals surface area contributed by atoms with Crippen LogP contribution in [0.4, 0.5) is 0 Å². The second kappa shape index (κ2) is 8.46. The smallest absolute Gasteiger partial charge is 0.114 e. The third kappa shape index (κ3) is 11.4. The molecule has 0 aromatic heterocycles. The Morgan fingerprint density at radius 1 is 1.00 bits per heavy atom. The molecule has 0 spiro atoms. The van der Waals surface area contributed by atoms with E-state index in [4.69, 9.17) is 10.2 Å². The number of quaternary nitrogens is 1. The van der Waals surface area contributed by atoms with Crippen LogP contribution in [0.3, 0.4) is 0 Å². The average molecular weight is 293 g/mol. The van der Waals surface area contributed by atoms with E-state index >= 15 is 0 Å². The van der Waals surface area contributed by atoms with E-state index in [2.05, 4.69) is 21.1 Å². The molecule has 0 aromatic rings. The van der Waals surface area contributed by atoms with E-state index in [9.17, 15) is 29.7 Å². The van der Waals surface area contributed by atoms with E-state index in [-0.39, 0.29) is 6.61 Å². The van der Waals surface area contributed by atoms with Crippen molar-refractivity contribution in [3.8, 4) is 0 Å². The molecule has 0 rings (SSSR count). The highest BCUT2D eigenvalue weighted by molar-refractivity contribution is 5.86. The Hall–Kier alpha value is -1.71. The first-order valence-electron chi connectivity index (χ1n) is 5.59. The Bertz CT molecular complexity index is 331. The maximum atomic E-state index is 10.1. The molecule has 118 valence electrons. The highest BCUT2D eigenvalue weighted by Gasteiger charge is 2.29. The van der Waals surface area contributed by atoms with E-state index in [0.717, 1.165) is 11.0 Å². The standard InChI is InChI=1S/C6H8O7.C5H14NO/c7-3(8)1-6(13,5(11)12)2-4(9)10;1-6(2,3)4-5-7/h13H,1-2H2,(H,7,8)(H,9,10)(H,11,12);7H,4-5H2,1-3H3/q;+1/p-3. The quantitative estimate of drug-likeness (QED) is 0.439. The SMILES string of the molecule is C[N+](C)(C)CCO.O=C([O-])CC(O)(CC(=O)[O-])C(=O)[O-]. The predicted octanol–water partition coefficient (Wildman–Crippen LogP) is -5.57. The minimum atomic E-state index is -2.97. The lowest BCUT2D eigenvalue weighted by molar-refractivity contribution is -0.870. The Labute approximate surface area is 116 Å². The van der Waals surface area contributed by atoms with Gasteiger partial charge in [0.2, 0.25) is 0 Å². The van der Waals surface area contributed by atoms with Crippen molar-refractivity contribution >= 4 is 17.9 Å². The molecule has 0 saturated heterocycles. The molecular formula is C11H19NO8-2. The van der Waals surface area contributed by atoms with E-state index in [1.807, 2.05) is 0 Å². The van der Waals surface area contributed by atoms with Crippen LogP contribution in [0.25, 0.3) is 0 Å². The van der Waals surface area contributed by atoms with Crippen LogP contribution in [-0.2, 0) is 14.4 Å². The van der Waals surface area contributed by atoms with Gasteiger partial charge in [0.05, 0.1) is 33.7 Å². The number of aliphatic carboxylic acids is 3. The summed E-state index contributed by atoms with van der Waals surface area (Å²) in [5.41, 5.74) is -2.97. The summed E-state index contributed by atoms with van der Waals surface area (Å²) in [4.78, 5) is 30.0. The van der Waals surface area contributed by atoms with Crippen molar-refractivity contribution < 1.29 is 44.4 Å². The molecule has 0 aliphatic rings. The van der Waals surface area contributed by atoms with Crippen molar-refractivity contribution in [2.75, 3.05) is 34.3 Å². The lowest BCUT2D eigenvalue weighted by Gasteiger charge is -2.29. The van der Waals surface area contributed by atoms with E-state index < -0.39 is 36.4 Å². The van der Waals surface area contributed by atoms with Crippen LogP contribution in [0, 0.1) is 0 Å². The minimum absolute atomic E-state index is 0.281. The number of carbonyl (C=O) groups excluding carboxylic acids is 3. The largest absolute Gasteiger partial charge is 0.550 e. The Balaban J connectivity index is 0. The first-order chi connectivity index (χ1) is 8.84. The van der Waals surface area contributed by atoms with Gasteiger partial charge in [0, 0.05) is 24.8 Å². The molecule has 2 N–H and O–H groups in total.